The van der Waals surface area contributed by atoms with E-state index in [2.05, 4.69) is 23.8 Å². The van der Waals surface area contributed by atoms with Gasteiger partial charge >= 0.3 is 6.09 Å². The van der Waals surface area contributed by atoms with Crippen LogP contribution < -0.4 is 0 Å². The summed E-state index contributed by atoms with van der Waals surface area (Å²) in [5.41, 5.74) is 1.05. The van der Waals surface area contributed by atoms with Gasteiger partial charge in [-0.25, -0.2) is 9.78 Å². The number of nitrogens with zero attached hydrogens (tertiary/aromatic N) is 2. The van der Waals surface area contributed by atoms with Crippen LogP contribution in [-0.2, 0) is 6.42 Å². The zero-order valence-electron chi connectivity index (χ0n) is 10.5. The van der Waals surface area contributed by atoms with Gasteiger partial charge < -0.3 is 15.0 Å². The number of aromatic nitrogens is 2. The van der Waals surface area contributed by atoms with Crippen LogP contribution in [0.3, 0.4) is 0 Å². The molecule has 0 aliphatic carbocycles. The van der Waals surface area contributed by atoms with Gasteiger partial charge in [-0.3, -0.25) is 0 Å². The molecule has 1 aromatic rings. The number of nitrogens with one attached hydrogen (secondary N) is 1. The Balaban J connectivity index is 2.31. The molecule has 0 aromatic carbocycles. The predicted octanol–water partition coefficient (Wildman–Crippen LogP) is 2.37. The number of aryl methyl sites for hydroxylation is 1. The van der Waals surface area contributed by atoms with Crippen LogP contribution in [0, 0.1) is 5.92 Å². The van der Waals surface area contributed by atoms with Gasteiger partial charge in [-0.2, -0.15) is 0 Å². The van der Waals surface area contributed by atoms with Gasteiger partial charge in [-0.1, -0.05) is 20.3 Å². The first-order valence-electron chi connectivity index (χ1n) is 6.08. The Morgan fingerprint density at radius 2 is 2.41 bits per heavy atom. The van der Waals surface area contributed by atoms with E-state index in [-0.39, 0.29) is 0 Å². The van der Waals surface area contributed by atoms with E-state index in [1.807, 2.05) is 0 Å². The quantitative estimate of drug-likeness (QED) is 0.767. The van der Waals surface area contributed by atoms with Gasteiger partial charge in [0, 0.05) is 25.0 Å². The molecule has 0 radical (unpaired) electrons. The molecule has 0 bridgehead atoms. The Bertz CT molecular complexity index is 325. The number of carbonyl (C=O) groups is 1. The van der Waals surface area contributed by atoms with Crippen LogP contribution in [0.25, 0.3) is 0 Å². The van der Waals surface area contributed by atoms with Crippen molar-refractivity contribution in [1.82, 2.24) is 14.9 Å². The molecule has 0 aliphatic rings. The van der Waals surface area contributed by atoms with Gasteiger partial charge in [0.05, 0.1) is 6.33 Å². The van der Waals surface area contributed by atoms with Crippen molar-refractivity contribution in [2.24, 2.45) is 5.92 Å². The lowest BCUT2D eigenvalue weighted by atomic mass is 10.1. The highest BCUT2D eigenvalue weighted by atomic mass is 16.4. The Kier molecular flexibility index (Phi) is 5.52. The number of hydrogen-bond acceptors (Lipinski definition) is 2. The highest BCUT2D eigenvalue weighted by Gasteiger charge is 2.13. The second kappa shape index (κ2) is 6.93. The van der Waals surface area contributed by atoms with E-state index in [4.69, 9.17) is 5.11 Å². The SMILES string of the molecule is CCC(C)CN(CCCc1cnc[nH]1)C(=O)O. The topological polar surface area (TPSA) is 69.2 Å². The first-order valence-corrected chi connectivity index (χ1v) is 6.08. The molecule has 96 valence electrons. The molecule has 0 fully saturated rings. The summed E-state index contributed by atoms with van der Waals surface area (Å²) in [6, 6.07) is 0. The summed E-state index contributed by atoms with van der Waals surface area (Å²) in [5, 5.41) is 9.08. The van der Waals surface area contributed by atoms with Crippen molar-refractivity contribution < 1.29 is 9.90 Å². The Morgan fingerprint density at radius 3 is 2.94 bits per heavy atom. The monoisotopic (exact) mass is 239 g/mol. The fourth-order valence-corrected chi connectivity index (χ4v) is 1.65. The first kappa shape index (κ1) is 13.5. The van der Waals surface area contributed by atoms with Crippen molar-refractivity contribution in [3.63, 3.8) is 0 Å². The third-order valence-electron chi connectivity index (χ3n) is 2.93. The molecule has 17 heavy (non-hydrogen) atoms. The van der Waals surface area contributed by atoms with E-state index in [9.17, 15) is 4.79 Å². The zero-order chi connectivity index (χ0) is 12.7. The molecular formula is C12H21N3O2. The lowest BCUT2D eigenvalue weighted by molar-refractivity contribution is 0.137. The summed E-state index contributed by atoms with van der Waals surface area (Å²) in [6.45, 7) is 5.35. The molecule has 1 atom stereocenters. The van der Waals surface area contributed by atoms with Crippen LogP contribution in [0.4, 0.5) is 4.79 Å². The minimum Gasteiger partial charge on any atom is -0.465 e. The number of rotatable bonds is 7. The summed E-state index contributed by atoms with van der Waals surface area (Å²) in [5.74, 6) is 0.415. The standard InChI is InChI=1S/C12H21N3O2/c1-3-10(2)8-15(12(16)17)6-4-5-11-7-13-9-14-11/h7,9-10H,3-6,8H2,1-2H3,(H,13,14)(H,16,17). The first-order chi connectivity index (χ1) is 8.13. The van der Waals surface area contributed by atoms with Crippen molar-refractivity contribution in [2.75, 3.05) is 13.1 Å². The van der Waals surface area contributed by atoms with Gasteiger partial charge in [0.15, 0.2) is 0 Å². The van der Waals surface area contributed by atoms with Crippen LogP contribution in [0.15, 0.2) is 12.5 Å². The second-order valence-corrected chi connectivity index (χ2v) is 4.42. The third kappa shape index (κ3) is 4.89. The summed E-state index contributed by atoms with van der Waals surface area (Å²) in [6.07, 6.45) is 5.26. The Hall–Kier alpha value is -1.52. The Labute approximate surface area is 102 Å². The summed E-state index contributed by atoms with van der Waals surface area (Å²) < 4.78 is 0. The van der Waals surface area contributed by atoms with Gasteiger partial charge in [-0.15, -0.1) is 0 Å². The van der Waals surface area contributed by atoms with Crippen molar-refractivity contribution in [3.8, 4) is 0 Å². The van der Waals surface area contributed by atoms with E-state index >= 15 is 0 Å². The molecular weight excluding hydrogens is 218 g/mol. The molecule has 0 saturated heterocycles. The molecule has 1 aromatic heterocycles. The summed E-state index contributed by atoms with van der Waals surface area (Å²) in [4.78, 5) is 19.5. The average molecular weight is 239 g/mol. The number of H-pyrrole nitrogens is 1. The predicted molar refractivity (Wildman–Crippen MR) is 66.0 cm³/mol. The zero-order valence-corrected chi connectivity index (χ0v) is 10.5. The van der Waals surface area contributed by atoms with Crippen molar-refractivity contribution in [1.29, 1.82) is 0 Å². The van der Waals surface area contributed by atoms with Crippen LogP contribution in [0.5, 0.6) is 0 Å². The third-order valence-corrected chi connectivity index (χ3v) is 2.93. The largest absolute Gasteiger partial charge is 0.465 e. The van der Waals surface area contributed by atoms with Gasteiger partial charge in [0.2, 0.25) is 0 Å². The van der Waals surface area contributed by atoms with Crippen molar-refractivity contribution >= 4 is 6.09 Å². The van der Waals surface area contributed by atoms with Gasteiger partial charge in [0.1, 0.15) is 0 Å². The molecule has 5 nitrogen and oxygen atoms in total. The number of carboxylic acid groups (broad SMARTS) is 1. The maximum atomic E-state index is 11.0. The maximum Gasteiger partial charge on any atom is 0.407 e. The highest BCUT2D eigenvalue weighted by molar-refractivity contribution is 5.64. The Morgan fingerprint density at radius 1 is 1.65 bits per heavy atom. The number of imidazole rings is 1. The molecule has 0 aliphatic heterocycles. The number of hydrogen-bond donors (Lipinski definition) is 2. The van der Waals surface area contributed by atoms with Crippen LogP contribution >= 0.6 is 0 Å². The summed E-state index contributed by atoms with van der Waals surface area (Å²) in [7, 11) is 0. The van der Waals surface area contributed by atoms with Crippen LogP contribution in [0.1, 0.15) is 32.4 Å². The van der Waals surface area contributed by atoms with Crippen molar-refractivity contribution in [3.05, 3.63) is 18.2 Å². The van der Waals surface area contributed by atoms with Gasteiger partial charge in [0.25, 0.3) is 0 Å². The van der Waals surface area contributed by atoms with E-state index in [1.54, 1.807) is 12.5 Å². The molecule has 0 spiro atoms. The fourth-order valence-electron chi connectivity index (χ4n) is 1.65. The second-order valence-electron chi connectivity index (χ2n) is 4.42. The molecule has 5 heteroatoms. The maximum absolute atomic E-state index is 11.0. The van der Waals surface area contributed by atoms with E-state index in [1.165, 1.54) is 4.90 Å². The van der Waals surface area contributed by atoms with Gasteiger partial charge in [-0.05, 0) is 18.8 Å². The molecule has 1 amide bonds. The average Bonchev–Trinajstić information content (AvgIpc) is 2.80. The lowest BCUT2D eigenvalue weighted by Gasteiger charge is -2.22. The lowest BCUT2D eigenvalue weighted by Crippen LogP contribution is -2.34. The minimum absolute atomic E-state index is 0.415. The summed E-state index contributed by atoms with van der Waals surface area (Å²) >= 11 is 0. The molecule has 1 heterocycles. The molecule has 2 N–H and O–H groups in total. The molecule has 0 saturated carbocycles. The van der Waals surface area contributed by atoms with Crippen LogP contribution in [0.2, 0.25) is 0 Å². The van der Waals surface area contributed by atoms with Crippen molar-refractivity contribution in [2.45, 2.75) is 33.1 Å². The van der Waals surface area contributed by atoms with Crippen LogP contribution in [-0.4, -0.2) is 39.2 Å². The van der Waals surface area contributed by atoms with E-state index in [0.29, 0.717) is 19.0 Å². The van der Waals surface area contributed by atoms with E-state index in [0.717, 1.165) is 25.0 Å². The van der Waals surface area contributed by atoms with E-state index < -0.39 is 6.09 Å². The smallest absolute Gasteiger partial charge is 0.407 e. The molecule has 1 unspecified atom stereocenters. The minimum atomic E-state index is -0.824. The normalized spacial score (nSPS) is 12.4. The molecule has 1 rings (SSSR count). The fraction of sp³-hybridized carbons (Fsp3) is 0.667. The highest BCUT2D eigenvalue weighted by Crippen LogP contribution is 2.06. The number of aromatic amines is 1. The number of amides is 1.